The Hall–Kier alpha value is -0.0900. The summed E-state index contributed by atoms with van der Waals surface area (Å²) < 4.78 is 5.57. The number of nitrogens with zero attached hydrogens (tertiary/aromatic N) is 1. The summed E-state index contributed by atoms with van der Waals surface area (Å²) in [5.41, 5.74) is 0. The van der Waals surface area contributed by atoms with E-state index in [1.165, 1.54) is 0 Å². The molecule has 82 valence electrons. The van der Waals surface area contributed by atoms with Crippen molar-refractivity contribution < 1.29 is 9.53 Å². The molecule has 0 saturated carbocycles. The number of ether oxygens (including phenoxy) is 1. The summed E-state index contributed by atoms with van der Waals surface area (Å²) in [6.07, 6.45) is 1.14. The van der Waals surface area contributed by atoms with Gasteiger partial charge in [0.15, 0.2) is 0 Å². The van der Waals surface area contributed by atoms with E-state index < -0.39 is 0 Å². The Balaban J connectivity index is 2.54. The fraction of sp³-hybridized carbons (Fsp3) is 0.900. The van der Waals surface area contributed by atoms with E-state index in [0.717, 1.165) is 6.42 Å². The molecule has 1 aliphatic rings. The van der Waals surface area contributed by atoms with Crippen molar-refractivity contribution >= 4 is 21.8 Å². The summed E-state index contributed by atoms with van der Waals surface area (Å²) in [5.74, 6) is 0.189. The molecule has 1 fully saturated rings. The van der Waals surface area contributed by atoms with E-state index >= 15 is 0 Å². The number of amides is 1. The first kappa shape index (κ1) is 12.0. The van der Waals surface area contributed by atoms with Gasteiger partial charge in [-0.1, -0.05) is 22.9 Å². The fourth-order valence-electron chi connectivity index (χ4n) is 1.73. The Morgan fingerprint density at radius 2 is 2.00 bits per heavy atom. The molecule has 0 N–H and O–H groups in total. The largest absolute Gasteiger partial charge is 0.372 e. The predicted molar refractivity (Wildman–Crippen MR) is 59.6 cm³/mol. The van der Waals surface area contributed by atoms with Crippen LogP contribution in [0.3, 0.4) is 0 Å². The number of carbonyl (C=O) groups excluding carboxylic acids is 1. The number of hydrogen-bond acceptors (Lipinski definition) is 2. The normalized spacial score (nSPS) is 30.1. The van der Waals surface area contributed by atoms with E-state index in [1.807, 2.05) is 25.7 Å². The number of halogens is 1. The minimum atomic E-state index is -0.0417. The lowest BCUT2D eigenvalue weighted by Gasteiger charge is -2.36. The van der Waals surface area contributed by atoms with Crippen LogP contribution >= 0.6 is 15.9 Å². The zero-order valence-corrected chi connectivity index (χ0v) is 10.6. The van der Waals surface area contributed by atoms with Crippen molar-refractivity contribution in [2.24, 2.45) is 0 Å². The van der Waals surface area contributed by atoms with E-state index in [9.17, 15) is 4.79 Å². The zero-order valence-electron chi connectivity index (χ0n) is 9.00. The highest BCUT2D eigenvalue weighted by molar-refractivity contribution is 9.10. The van der Waals surface area contributed by atoms with Gasteiger partial charge < -0.3 is 9.64 Å². The minimum absolute atomic E-state index is 0.0417. The number of morpholine rings is 1. The van der Waals surface area contributed by atoms with Gasteiger partial charge in [0.25, 0.3) is 0 Å². The van der Waals surface area contributed by atoms with Gasteiger partial charge in [0.2, 0.25) is 5.91 Å². The number of hydrogen-bond donors (Lipinski definition) is 0. The lowest BCUT2D eigenvalue weighted by Crippen LogP contribution is -2.50. The summed E-state index contributed by atoms with van der Waals surface area (Å²) in [7, 11) is 0. The first-order chi connectivity index (χ1) is 6.54. The minimum Gasteiger partial charge on any atom is -0.372 e. The van der Waals surface area contributed by atoms with Gasteiger partial charge in [-0.3, -0.25) is 4.79 Å². The van der Waals surface area contributed by atoms with Crippen LogP contribution in [0.5, 0.6) is 0 Å². The van der Waals surface area contributed by atoms with Crippen LogP contribution in [0.1, 0.15) is 27.2 Å². The van der Waals surface area contributed by atoms with Gasteiger partial charge in [-0.05, 0) is 20.3 Å². The molecule has 3 unspecified atom stereocenters. The molecular formula is C10H18BrNO2. The summed E-state index contributed by atoms with van der Waals surface area (Å²) >= 11 is 3.39. The molecule has 0 aromatic carbocycles. The maximum Gasteiger partial charge on any atom is 0.236 e. The maximum atomic E-state index is 11.8. The van der Waals surface area contributed by atoms with Crippen LogP contribution < -0.4 is 0 Å². The molecular weight excluding hydrogens is 246 g/mol. The lowest BCUT2D eigenvalue weighted by atomic mass is 10.2. The van der Waals surface area contributed by atoms with Gasteiger partial charge >= 0.3 is 0 Å². The number of rotatable bonds is 2. The molecule has 3 nitrogen and oxygen atoms in total. The molecule has 0 aromatic heterocycles. The SMILES string of the molecule is CCC(Br)C(=O)N1CC(C)OC(C)C1. The first-order valence-corrected chi connectivity index (χ1v) is 6.04. The van der Waals surface area contributed by atoms with Gasteiger partial charge in [-0.25, -0.2) is 0 Å². The van der Waals surface area contributed by atoms with E-state index in [0.29, 0.717) is 13.1 Å². The summed E-state index contributed by atoms with van der Waals surface area (Å²) in [4.78, 5) is 13.7. The molecule has 3 atom stereocenters. The summed E-state index contributed by atoms with van der Waals surface area (Å²) in [6, 6.07) is 0. The fourth-order valence-corrected chi connectivity index (χ4v) is 2.02. The average molecular weight is 264 g/mol. The summed E-state index contributed by atoms with van der Waals surface area (Å²) in [6.45, 7) is 7.44. The molecule has 0 aromatic rings. The Bertz CT molecular complexity index is 200. The van der Waals surface area contributed by atoms with Crippen molar-refractivity contribution in [1.29, 1.82) is 0 Å². The molecule has 0 bridgehead atoms. The Morgan fingerprint density at radius 3 is 2.43 bits per heavy atom. The second-order valence-corrected chi connectivity index (χ2v) is 4.98. The van der Waals surface area contributed by atoms with Crippen molar-refractivity contribution in [3.8, 4) is 0 Å². The van der Waals surface area contributed by atoms with Gasteiger partial charge in [0.05, 0.1) is 17.0 Å². The van der Waals surface area contributed by atoms with Crippen molar-refractivity contribution in [1.82, 2.24) is 4.90 Å². The highest BCUT2D eigenvalue weighted by Gasteiger charge is 2.28. The van der Waals surface area contributed by atoms with E-state index in [4.69, 9.17) is 4.74 Å². The quantitative estimate of drug-likeness (QED) is 0.712. The molecule has 0 radical (unpaired) electrons. The zero-order chi connectivity index (χ0) is 10.7. The molecule has 1 amide bonds. The molecule has 1 saturated heterocycles. The van der Waals surface area contributed by atoms with Crippen molar-refractivity contribution in [3.05, 3.63) is 0 Å². The molecule has 14 heavy (non-hydrogen) atoms. The van der Waals surface area contributed by atoms with Crippen molar-refractivity contribution in [2.75, 3.05) is 13.1 Å². The predicted octanol–water partition coefficient (Wildman–Crippen LogP) is 1.80. The monoisotopic (exact) mass is 263 g/mol. The van der Waals surface area contributed by atoms with Crippen LogP contribution in [0.25, 0.3) is 0 Å². The topological polar surface area (TPSA) is 29.5 Å². The van der Waals surface area contributed by atoms with E-state index in [-0.39, 0.29) is 22.9 Å². The van der Waals surface area contributed by atoms with Crippen LogP contribution in [0.2, 0.25) is 0 Å². The van der Waals surface area contributed by atoms with Gasteiger partial charge in [0.1, 0.15) is 0 Å². The standard InChI is InChI=1S/C10H18BrNO2/c1-4-9(11)10(13)12-5-7(2)14-8(3)6-12/h7-9H,4-6H2,1-3H3. The number of carbonyl (C=O) groups is 1. The second kappa shape index (κ2) is 5.12. The van der Waals surface area contributed by atoms with Crippen LogP contribution in [0, 0.1) is 0 Å². The van der Waals surface area contributed by atoms with Crippen LogP contribution in [0.4, 0.5) is 0 Å². The third-order valence-corrected chi connectivity index (χ3v) is 3.40. The molecule has 0 aliphatic carbocycles. The highest BCUT2D eigenvalue weighted by atomic mass is 79.9. The Morgan fingerprint density at radius 1 is 1.50 bits per heavy atom. The molecule has 4 heteroatoms. The first-order valence-electron chi connectivity index (χ1n) is 5.13. The van der Waals surface area contributed by atoms with Gasteiger partial charge in [-0.2, -0.15) is 0 Å². The second-order valence-electron chi connectivity index (χ2n) is 3.88. The van der Waals surface area contributed by atoms with Crippen molar-refractivity contribution in [2.45, 2.75) is 44.2 Å². The molecule has 0 spiro atoms. The van der Waals surface area contributed by atoms with Crippen LogP contribution in [-0.4, -0.2) is 40.9 Å². The smallest absolute Gasteiger partial charge is 0.236 e. The van der Waals surface area contributed by atoms with Gasteiger partial charge in [-0.15, -0.1) is 0 Å². The molecule has 1 rings (SSSR count). The molecule has 1 heterocycles. The highest BCUT2D eigenvalue weighted by Crippen LogP contribution is 2.15. The maximum absolute atomic E-state index is 11.8. The Kier molecular flexibility index (Phi) is 4.38. The Labute approximate surface area is 93.9 Å². The average Bonchev–Trinajstić information content (AvgIpc) is 2.14. The summed E-state index contributed by atoms with van der Waals surface area (Å²) in [5, 5.41) is 0. The van der Waals surface area contributed by atoms with Crippen LogP contribution in [0.15, 0.2) is 0 Å². The van der Waals surface area contributed by atoms with Crippen LogP contribution in [-0.2, 0) is 9.53 Å². The van der Waals surface area contributed by atoms with E-state index in [2.05, 4.69) is 15.9 Å². The van der Waals surface area contributed by atoms with Crippen molar-refractivity contribution in [3.63, 3.8) is 0 Å². The third kappa shape index (κ3) is 2.95. The number of alkyl halides is 1. The molecule has 1 aliphatic heterocycles. The van der Waals surface area contributed by atoms with Gasteiger partial charge in [0, 0.05) is 13.1 Å². The lowest BCUT2D eigenvalue weighted by molar-refractivity contribution is -0.142. The third-order valence-electron chi connectivity index (χ3n) is 2.36. The van der Waals surface area contributed by atoms with E-state index in [1.54, 1.807) is 0 Å².